The number of nitrogens with zero attached hydrogens (tertiary/aromatic N) is 3. The van der Waals surface area contributed by atoms with Gasteiger partial charge in [0.15, 0.2) is 5.82 Å². The van der Waals surface area contributed by atoms with Crippen LogP contribution in [0.15, 0.2) is 180 Å². The summed E-state index contributed by atoms with van der Waals surface area (Å²) in [5.74, 6) is 0.695. The lowest BCUT2D eigenvalue weighted by molar-refractivity contribution is 0.670. The molecule has 10 aromatic rings. The Morgan fingerprint density at radius 3 is 1.68 bits per heavy atom. The predicted octanol–water partition coefficient (Wildman–Crippen LogP) is 12.1. The molecule has 0 N–H and O–H groups in total. The quantitative estimate of drug-likeness (QED) is 0.188. The Morgan fingerprint density at radius 2 is 0.960 bits per heavy atom. The maximum Gasteiger partial charge on any atom is 0.160 e. The van der Waals surface area contributed by atoms with Crippen molar-refractivity contribution in [1.29, 1.82) is 0 Å². The van der Waals surface area contributed by atoms with E-state index in [9.17, 15) is 0 Å². The number of fused-ring (bicyclic) bond motifs is 6. The van der Waals surface area contributed by atoms with Gasteiger partial charge in [-0.1, -0.05) is 133 Å². The van der Waals surface area contributed by atoms with E-state index in [1.165, 1.54) is 21.8 Å². The van der Waals surface area contributed by atoms with Crippen molar-refractivity contribution in [1.82, 2.24) is 14.5 Å². The van der Waals surface area contributed by atoms with Gasteiger partial charge in [0.25, 0.3) is 0 Å². The minimum absolute atomic E-state index is 0.695. The molecular formula is C46H29N3O. The van der Waals surface area contributed by atoms with E-state index in [1.54, 1.807) is 0 Å². The summed E-state index contributed by atoms with van der Waals surface area (Å²) >= 11 is 0. The van der Waals surface area contributed by atoms with Gasteiger partial charge in [0.05, 0.1) is 22.4 Å². The topological polar surface area (TPSA) is 43.9 Å². The number of rotatable bonds is 5. The third-order valence-corrected chi connectivity index (χ3v) is 9.60. The second-order valence-corrected chi connectivity index (χ2v) is 12.6. The first kappa shape index (κ1) is 28.3. The summed E-state index contributed by atoms with van der Waals surface area (Å²) in [7, 11) is 0. The zero-order valence-electron chi connectivity index (χ0n) is 27.0. The molecule has 0 spiro atoms. The van der Waals surface area contributed by atoms with E-state index >= 15 is 0 Å². The van der Waals surface area contributed by atoms with Crippen LogP contribution in [-0.4, -0.2) is 14.5 Å². The summed E-state index contributed by atoms with van der Waals surface area (Å²) in [6, 6.07) is 61.3. The number of para-hydroxylation sites is 3. The summed E-state index contributed by atoms with van der Waals surface area (Å²) < 4.78 is 9.03. The van der Waals surface area contributed by atoms with Gasteiger partial charge in [-0.3, -0.25) is 0 Å². The molecule has 0 atom stereocenters. The highest BCUT2D eigenvalue weighted by Gasteiger charge is 2.19. The second-order valence-electron chi connectivity index (χ2n) is 12.6. The lowest BCUT2D eigenvalue weighted by atomic mass is 9.98. The molecule has 234 valence electrons. The van der Waals surface area contributed by atoms with Gasteiger partial charge in [0.1, 0.15) is 11.2 Å². The Balaban J connectivity index is 1.21. The Kier molecular flexibility index (Phi) is 6.46. The summed E-state index contributed by atoms with van der Waals surface area (Å²) in [6.07, 6.45) is 0. The molecule has 50 heavy (non-hydrogen) atoms. The number of furan rings is 1. The van der Waals surface area contributed by atoms with Crippen LogP contribution in [0.4, 0.5) is 0 Å². The third kappa shape index (κ3) is 4.61. The van der Waals surface area contributed by atoms with E-state index in [0.717, 1.165) is 66.8 Å². The fourth-order valence-electron chi connectivity index (χ4n) is 7.27. The van der Waals surface area contributed by atoms with Crippen molar-refractivity contribution in [3.63, 3.8) is 0 Å². The van der Waals surface area contributed by atoms with Crippen molar-refractivity contribution in [3.05, 3.63) is 176 Å². The van der Waals surface area contributed by atoms with Crippen molar-refractivity contribution < 1.29 is 4.42 Å². The van der Waals surface area contributed by atoms with Crippen LogP contribution in [0.1, 0.15) is 0 Å². The molecule has 0 unspecified atom stereocenters. The van der Waals surface area contributed by atoms with Crippen LogP contribution in [0.25, 0.3) is 94.5 Å². The lowest BCUT2D eigenvalue weighted by Gasteiger charge is -2.13. The van der Waals surface area contributed by atoms with Gasteiger partial charge in [0, 0.05) is 49.5 Å². The van der Waals surface area contributed by atoms with E-state index < -0.39 is 0 Å². The van der Waals surface area contributed by atoms with Crippen LogP contribution in [0, 0.1) is 0 Å². The van der Waals surface area contributed by atoms with Crippen LogP contribution < -0.4 is 0 Å². The molecule has 4 nitrogen and oxygen atoms in total. The SMILES string of the molecule is c1ccc(-c2cc(-c3cccc(-c4cc(-n5c6ccccc6c6ccccc65)cc5c4oc4ccccc45)c3)nc(-c3ccccc3)n2)cc1. The molecule has 0 saturated heterocycles. The molecule has 4 heteroatoms. The minimum atomic E-state index is 0.695. The van der Waals surface area contributed by atoms with Gasteiger partial charge in [-0.25, -0.2) is 9.97 Å². The molecule has 10 rings (SSSR count). The Bertz CT molecular complexity index is 2760. The third-order valence-electron chi connectivity index (χ3n) is 9.60. The summed E-state index contributed by atoms with van der Waals surface area (Å²) in [6.45, 7) is 0. The minimum Gasteiger partial charge on any atom is -0.455 e. The van der Waals surface area contributed by atoms with Gasteiger partial charge in [-0.2, -0.15) is 0 Å². The van der Waals surface area contributed by atoms with E-state index in [1.807, 2.05) is 48.5 Å². The lowest BCUT2D eigenvalue weighted by Crippen LogP contribution is -1.96. The van der Waals surface area contributed by atoms with Gasteiger partial charge < -0.3 is 8.98 Å². The van der Waals surface area contributed by atoms with Crippen LogP contribution in [-0.2, 0) is 0 Å². The van der Waals surface area contributed by atoms with Crippen molar-refractivity contribution in [3.8, 4) is 50.7 Å². The highest BCUT2D eigenvalue weighted by molar-refractivity contribution is 6.13. The van der Waals surface area contributed by atoms with Crippen LogP contribution >= 0.6 is 0 Å². The van der Waals surface area contributed by atoms with E-state index in [2.05, 4.69) is 132 Å². The van der Waals surface area contributed by atoms with E-state index in [-0.39, 0.29) is 0 Å². The molecule has 0 radical (unpaired) electrons. The summed E-state index contributed by atoms with van der Waals surface area (Å²) in [4.78, 5) is 10.1. The fourth-order valence-corrected chi connectivity index (χ4v) is 7.27. The highest BCUT2D eigenvalue weighted by Crippen LogP contribution is 2.41. The normalized spacial score (nSPS) is 11.6. The fraction of sp³-hybridized carbons (Fsp3) is 0. The van der Waals surface area contributed by atoms with Crippen LogP contribution in [0.5, 0.6) is 0 Å². The Morgan fingerprint density at radius 1 is 0.400 bits per heavy atom. The summed E-state index contributed by atoms with van der Waals surface area (Å²) in [5, 5.41) is 4.64. The first-order valence-corrected chi connectivity index (χ1v) is 16.8. The zero-order chi connectivity index (χ0) is 33.0. The van der Waals surface area contributed by atoms with E-state index in [0.29, 0.717) is 5.82 Å². The van der Waals surface area contributed by atoms with Gasteiger partial charge in [-0.05, 0) is 48.0 Å². The molecule has 0 fully saturated rings. The molecule has 0 saturated carbocycles. The molecule has 0 bridgehead atoms. The number of aromatic nitrogens is 3. The second kappa shape index (κ2) is 11.4. The molecule has 0 amide bonds. The molecule has 3 aromatic heterocycles. The molecule has 3 heterocycles. The number of hydrogen-bond donors (Lipinski definition) is 0. The van der Waals surface area contributed by atoms with Crippen LogP contribution in [0.2, 0.25) is 0 Å². The number of benzene rings is 7. The molecule has 0 aliphatic carbocycles. The average Bonchev–Trinajstić information content (AvgIpc) is 3.74. The molecular weight excluding hydrogens is 611 g/mol. The van der Waals surface area contributed by atoms with E-state index in [4.69, 9.17) is 14.4 Å². The summed E-state index contributed by atoms with van der Waals surface area (Å²) in [5.41, 5.74) is 12.0. The highest BCUT2D eigenvalue weighted by atomic mass is 16.3. The molecule has 0 aliphatic heterocycles. The zero-order valence-corrected chi connectivity index (χ0v) is 27.0. The first-order valence-electron chi connectivity index (χ1n) is 16.8. The van der Waals surface area contributed by atoms with Crippen molar-refractivity contribution in [2.75, 3.05) is 0 Å². The largest absolute Gasteiger partial charge is 0.455 e. The predicted molar refractivity (Wildman–Crippen MR) is 205 cm³/mol. The average molecular weight is 640 g/mol. The van der Waals surface area contributed by atoms with Gasteiger partial charge in [-0.15, -0.1) is 0 Å². The molecule has 7 aromatic carbocycles. The van der Waals surface area contributed by atoms with Crippen molar-refractivity contribution >= 4 is 43.7 Å². The monoisotopic (exact) mass is 639 g/mol. The Hall–Kier alpha value is -6.78. The van der Waals surface area contributed by atoms with Crippen molar-refractivity contribution in [2.45, 2.75) is 0 Å². The maximum absolute atomic E-state index is 6.65. The first-order chi connectivity index (χ1) is 24.8. The standard InChI is InChI=1S/C46H29N3O/c1-3-14-30(15-4-1)40-29-41(48-46(47-40)31-16-5-2-6-17-31)33-19-13-18-32(26-33)38-27-34(28-39-37-22-9-12-25-44(37)50-45(38)39)49-42-23-10-7-20-35(42)36-21-8-11-24-43(36)49/h1-29H. The maximum atomic E-state index is 6.65. The number of hydrogen-bond acceptors (Lipinski definition) is 3. The van der Waals surface area contributed by atoms with Crippen LogP contribution in [0.3, 0.4) is 0 Å². The smallest absolute Gasteiger partial charge is 0.160 e. The van der Waals surface area contributed by atoms with Gasteiger partial charge >= 0.3 is 0 Å². The van der Waals surface area contributed by atoms with Crippen molar-refractivity contribution in [2.24, 2.45) is 0 Å². The van der Waals surface area contributed by atoms with Gasteiger partial charge in [0.2, 0.25) is 0 Å². The Labute approximate surface area is 288 Å². The molecule has 0 aliphatic rings.